The van der Waals surface area contributed by atoms with Crippen LogP contribution in [-0.2, 0) is 22.6 Å². The minimum Gasteiger partial charge on any atom is -0.445 e. The van der Waals surface area contributed by atoms with Crippen molar-refractivity contribution in [2.75, 3.05) is 24.3 Å². The minimum absolute atomic E-state index is 0.115. The Morgan fingerprint density at radius 2 is 1.79 bits per heavy atom. The van der Waals surface area contributed by atoms with Crippen LogP contribution in [0.1, 0.15) is 11.1 Å². The Labute approximate surface area is 198 Å². The van der Waals surface area contributed by atoms with E-state index >= 15 is 0 Å². The molecule has 2 amide bonds. The van der Waals surface area contributed by atoms with Crippen LogP contribution >= 0.6 is 0 Å². The maximum atomic E-state index is 13.2. The van der Waals surface area contributed by atoms with Crippen molar-refractivity contribution in [2.45, 2.75) is 19.1 Å². The molecule has 34 heavy (non-hydrogen) atoms. The fourth-order valence-electron chi connectivity index (χ4n) is 3.59. The summed E-state index contributed by atoms with van der Waals surface area (Å²) in [6.45, 7) is 0.115. The van der Waals surface area contributed by atoms with Gasteiger partial charge in [0.25, 0.3) is 0 Å². The maximum absolute atomic E-state index is 13.2. The largest absolute Gasteiger partial charge is 0.445 e. The Hall–Kier alpha value is -4.33. The highest BCUT2D eigenvalue weighted by Gasteiger charge is 2.24. The number of fused-ring (bicyclic) bond motifs is 1. The number of para-hydroxylation sites is 1. The van der Waals surface area contributed by atoms with Gasteiger partial charge in [0.05, 0.1) is 11.9 Å². The van der Waals surface area contributed by atoms with Crippen molar-refractivity contribution in [3.05, 3.63) is 90.3 Å². The van der Waals surface area contributed by atoms with E-state index in [9.17, 15) is 9.59 Å². The first-order chi connectivity index (χ1) is 16.5. The third kappa shape index (κ3) is 5.72. The molecule has 0 aliphatic heterocycles. The molecule has 1 atom stereocenters. The second-order valence-electron chi connectivity index (χ2n) is 8.11. The van der Waals surface area contributed by atoms with E-state index in [4.69, 9.17) is 4.74 Å². The highest BCUT2D eigenvalue weighted by molar-refractivity contribution is 5.97. The number of aromatic amines is 1. The molecule has 0 spiro atoms. The van der Waals surface area contributed by atoms with Gasteiger partial charge in [-0.3, -0.25) is 4.79 Å². The quantitative estimate of drug-likeness (QED) is 0.370. The van der Waals surface area contributed by atoms with E-state index in [0.29, 0.717) is 12.1 Å². The topological polar surface area (TPSA) is 99.4 Å². The van der Waals surface area contributed by atoms with Crippen molar-refractivity contribution >= 4 is 34.4 Å². The van der Waals surface area contributed by atoms with E-state index in [1.54, 1.807) is 12.3 Å². The number of pyridine rings is 1. The van der Waals surface area contributed by atoms with E-state index in [2.05, 4.69) is 20.6 Å². The van der Waals surface area contributed by atoms with Gasteiger partial charge in [0.15, 0.2) is 0 Å². The van der Waals surface area contributed by atoms with Gasteiger partial charge in [0.1, 0.15) is 18.5 Å². The summed E-state index contributed by atoms with van der Waals surface area (Å²) in [5.41, 5.74) is 3.29. The predicted octanol–water partition coefficient (Wildman–Crippen LogP) is 4.11. The highest BCUT2D eigenvalue weighted by atomic mass is 16.5. The Balaban J connectivity index is 1.49. The van der Waals surface area contributed by atoms with E-state index in [0.717, 1.165) is 27.8 Å². The molecule has 0 radical (unpaired) electrons. The van der Waals surface area contributed by atoms with Gasteiger partial charge in [-0.15, -0.1) is 0 Å². The number of benzene rings is 2. The lowest BCUT2D eigenvalue weighted by molar-refractivity contribution is -0.118. The number of H-pyrrole nitrogens is 1. The van der Waals surface area contributed by atoms with Gasteiger partial charge < -0.3 is 25.3 Å². The molecule has 3 N–H and O–H groups in total. The zero-order valence-electron chi connectivity index (χ0n) is 19.1. The van der Waals surface area contributed by atoms with Gasteiger partial charge in [0.2, 0.25) is 5.91 Å². The lowest BCUT2D eigenvalue weighted by Crippen LogP contribution is -2.45. The summed E-state index contributed by atoms with van der Waals surface area (Å²) < 4.78 is 5.35. The average molecular weight is 458 g/mol. The summed E-state index contributed by atoms with van der Waals surface area (Å²) in [6.07, 6.45) is 3.07. The summed E-state index contributed by atoms with van der Waals surface area (Å²) in [4.78, 5) is 35.1. The molecule has 4 aromatic rings. The van der Waals surface area contributed by atoms with Gasteiger partial charge in [-0.25, -0.2) is 9.78 Å². The van der Waals surface area contributed by atoms with E-state index in [-0.39, 0.29) is 12.5 Å². The van der Waals surface area contributed by atoms with Crippen LogP contribution in [0.4, 0.5) is 16.3 Å². The van der Waals surface area contributed by atoms with Crippen LogP contribution < -0.4 is 15.5 Å². The number of nitrogens with zero attached hydrogens (tertiary/aromatic N) is 2. The standard InChI is InChI=1S/C26H27N5O3/c1-31(2)24-13-12-20(16-28-24)29-25(32)23(14-19-15-27-22-11-7-6-10-21(19)22)30-26(33)34-17-18-8-4-3-5-9-18/h3-13,15-16,23,27H,14,17H2,1-2H3,(H,29,32)(H,30,33)/t23-/m0/s1. The van der Waals surface area contributed by atoms with Gasteiger partial charge in [-0.2, -0.15) is 0 Å². The minimum atomic E-state index is -0.851. The molecular formula is C26H27N5O3. The average Bonchev–Trinajstić information content (AvgIpc) is 3.26. The molecule has 4 rings (SSSR count). The van der Waals surface area contributed by atoms with Crippen LogP contribution in [0, 0.1) is 0 Å². The number of hydrogen-bond acceptors (Lipinski definition) is 5. The van der Waals surface area contributed by atoms with Crippen molar-refractivity contribution in [3.63, 3.8) is 0 Å². The number of alkyl carbamates (subject to hydrolysis) is 1. The molecule has 174 valence electrons. The number of anilines is 2. The first-order valence-electron chi connectivity index (χ1n) is 11.0. The summed E-state index contributed by atoms with van der Waals surface area (Å²) in [7, 11) is 3.78. The van der Waals surface area contributed by atoms with Crippen LogP contribution in [0.2, 0.25) is 0 Å². The van der Waals surface area contributed by atoms with E-state index < -0.39 is 12.1 Å². The highest BCUT2D eigenvalue weighted by Crippen LogP contribution is 2.20. The fraction of sp³-hybridized carbons (Fsp3) is 0.192. The Bertz CT molecular complexity index is 1250. The van der Waals surface area contributed by atoms with Crippen LogP contribution in [0.5, 0.6) is 0 Å². The first kappa shape index (κ1) is 22.8. The number of carbonyl (C=O) groups is 2. The zero-order valence-corrected chi connectivity index (χ0v) is 19.1. The molecular weight excluding hydrogens is 430 g/mol. The molecule has 2 aromatic heterocycles. The number of amides is 2. The lowest BCUT2D eigenvalue weighted by atomic mass is 10.0. The SMILES string of the molecule is CN(C)c1ccc(NC(=O)[C@H](Cc2c[nH]c3ccccc23)NC(=O)OCc2ccccc2)cn1. The number of nitrogens with one attached hydrogen (secondary N) is 3. The molecule has 0 fully saturated rings. The smallest absolute Gasteiger partial charge is 0.408 e. The Morgan fingerprint density at radius 1 is 1.03 bits per heavy atom. The molecule has 0 unspecified atom stereocenters. The van der Waals surface area contributed by atoms with Gasteiger partial charge in [0, 0.05) is 37.6 Å². The molecule has 8 nitrogen and oxygen atoms in total. The zero-order chi connectivity index (χ0) is 23.9. The fourth-order valence-corrected chi connectivity index (χ4v) is 3.59. The summed E-state index contributed by atoms with van der Waals surface area (Å²) in [6, 6.07) is 19.9. The normalized spacial score (nSPS) is 11.6. The van der Waals surface area contributed by atoms with Crippen LogP contribution in [0.15, 0.2) is 79.1 Å². The third-order valence-electron chi connectivity index (χ3n) is 5.39. The number of hydrogen-bond donors (Lipinski definition) is 3. The predicted molar refractivity (Wildman–Crippen MR) is 133 cm³/mol. The molecule has 8 heteroatoms. The molecule has 2 aromatic carbocycles. The van der Waals surface area contributed by atoms with Crippen molar-refractivity contribution in [3.8, 4) is 0 Å². The van der Waals surface area contributed by atoms with Crippen LogP contribution in [0.3, 0.4) is 0 Å². The molecule has 0 saturated carbocycles. The molecule has 0 aliphatic carbocycles. The molecule has 0 bridgehead atoms. The summed E-state index contributed by atoms with van der Waals surface area (Å²) >= 11 is 0. The number of carbonyl (C=O) groups excluding carboxylic acids is 2. The van der Waals surface area contributed by atoms with Crippen molar-refractivity contribution < 1.29 is 14.3 Å². The number of aromatic nitrogens is 2. The van der Waals surface area contributed by atoms with Crippen LogP contribution in [-0.4, -0.2) is 42.1 Å². The van der Waals surface area contributed by atoms with Gasteiger partial charge >= 0.3 is 6.09 Å². The summed E-state index contributed by atoms with van der Waals surface area (Å²) in [5, 5.41) is 6.57. The van der Waals surface area contributed by atoms with Crippen molar-refractivity contribution in [1.82, 2.24) is 15.3 Å². The lowest BCUT2D eigenvalue weighted by Gasteiger charge is -2.19. The Morgan fingerprint density at radius 3 is 2.53 bits per heavy atom. The Kier molecular flexibility index (Phi) is 7.07. The van der Waals surface area contributed by atoms with E-state index in [1.165, 1.54) is 0 Å². The summed E-state index contributed by atoms with van der Waals surface area (Å²) in [5.74, 6) is 0.414. The first-order valence-corrected chi connectivity index (χ1v) is 11.0. The number of ether oxygens (including phenoxy) is 1. The van der Waals surface area contributed by atoms with Gasteiger partial charge in [-0.1, -0.05) is 48.5 Å². The molecule has 2 heterocycles. The molecule has 0 aliphatic rings. The van der Waals surface area contributed by atoms with Crippen molar-refractivity contribution in [1.29, 1.82) is 0 Å². The van der Waals surface area contributed by atoms with Gasteiger partial charge in [-0.05, 0) is 29.3 Å². The maximum Gasteiger partial charge on any atom is 0.408 e. The second-order valence-corrected chi connectivity index (χ2v) is 8.11. The third-order valence-corrected chi connectivity index (χ3v) is 5.39. The number of rotatable bonds is 8. The molecule has 0 saturated heterocycles. The van der Waals surface area contributed by atoms with Crippen LogP contribution in [0.25, 0.3) is 10.9 Å². The van der Waals surface area contributed by atoms with E-state index in [1.807, 2.05) is 85.9 Å². The second kappa shape index (κ2) is 10.5. The van der Waals surface area contributed by atoms with Crippen molar-refractivity contribution in [2.24, 2.45) is 0 Å². The monoisotopic (exact) mass is 457 g/mol.